The van der Waals surface area contributed by atoms with Crippen LogP contribution in [0, 0.1) is 11.8 Å². The molecule has 1 N–H and O–H groups in total. The second-order valence-corrected chi connectivity index (χ2v) is 16.9. The number of hydrogen-bond donors (Lipinski definition) is 1. The molecule has 0 atom stereocenters. The first kappa shape index (κ1) is 27.1. The number of fused-ring (bicyclic) bond motifs is 1. The van der Waals surface area contributed by atoms with Crippen molar-refractivity contribution in [3.8, 4) is 11.3 Å². The van der Waals surface area contributed by atoms with Gasteiger partial charge in [0.15, 0.2) is 0 Å². The number of benzene rings is 1. The van der Waals surface area contributed by atoms with Gasteiger partial charge in [-0.25, -0.2) is 4.98 Å². The van der Waals surface area contributed by atoms with Crippen LogP contribution in [-0.2, 0) is 25.8 Å². The standard InChI is InChI=1S/C29H39N3O4Si/c1-35-27(33)18-21-10-12-23(13-11-21)29(34)31-25-14-15-30-28-24(25)19-26(22-8-6-5-7-9-22)32(28)20-36-16-17-37(2,3)4/h5-9,14-15,19,21,23H,10-13,16-18,20H2,1-4H3,(H,30,31,34). The van der Waals surface area contributed by atoms with E-state index >= 15 is 0 Å². The molecular formula is C29H39N3O4Si. The summed E-state index contributed by atoms with van der Waals surface area (Å²) in [6, 6.07) is 15.3. The van der Waals surface area contributed by atoms with Gasteiger partial charge in [0.05, 0.1) is 18.5 Å². The SMILES string of the molecule is COC(=O)CC1CCC(C(=O)Nc2ccnc3c2cc(-c2ccccc2)n3COCC[Si](C)(C)C)CC1. The van der Waals surface area contributed by atoms with Gasteiger partial charge in [0, 0.05) is 38.6 Å². The van der Waals surface area contributed by atoms with Gasteiger partial charge in [0.1, 0.15) is 12.4 Å². The Bertz CT molecular complexity index is 1210. The Morgan fingerprint density at radius 2 is 1.81 bits per heavy atom. The second-order valence-electron chi connectivity index (χ2n) is 11.3. The summed E-state index contributed by atoms with van der Waals surface area (Å²) in [6.45, 7) is 8.17. The number of rotatable bonds is 10. The number of carbonyl (C=O) groups excluding carboxylic acids is 2. The van der Waals surface area contributed by atoms with Gasteiger partial charge in [-0.15, -0.1) is 0 Å². The summed E-state index contributed by atoms with van der Waals surface area (Å²) in [5, 5.41) is 4.09. The molecule has 1 amide bonds. The van der Waals surface area contributed by atoms with Crippen LogP contribution in [0.25, 0.3) is 22.3 Å². The average molecular weight is 522 g/mol. The molecule has 0 aliphatic heterocycles. The Labute approximate surface area is 220 Å². The van der Waals surface area contributed by atoms with Crippen molar-refractivity contribution < 1.29 is 19.1 Å². The predicted molar refractivity (Wildman–Crippen MR) is 150 cm³/mol. The highest BCUT2D eigenvalue weighted by atomic mass is 28.3. The van der Waals surface area contributed by atoms with E-state index in [2.05, 4.69) is 52.7 Å². The van der Waals surface area contributed by atoms with Gasteiger partial charge in [-0.05, 0) is 55.3 Å². The monoisotopic (exact) mass is 521 g/mol. The molecule has 0 unspecified atom stereocenters. The summed E-state index contributed by atoms with van der Waals surface area (Å²) in [5.74, 6) is 0.102. The lowest BCUT2D eigenvalue weighted by Crippen LogP contribution is -2.28. The van der Waals surface area contributed by atoms with Gasteiger partial charge in [0.25, 0.3) is 0 Å². The Morgan fingerprint density at radius 1 is 1.08 bits per heavy atom. The van der Waals surface area contributed by atoms with Crippen LogP contribution < -0.4 is 5.32 Å². The molecule has 4 rings (SSSR count). The van der Waals surface area contributed by atoms with Crippen LogP contribution in [0.1, 0.15) is 32.1 Å². The minimum absolute atomic E-state index is 0.0319. The number of pyridine rings is 1. The fourth-order valence-electron chi connectivity index (χ4n) is 4.95. The summed E-state index contributed by atoms with van der Waals surface area (Å²) in [5.41, 5.74) is 3.66. The molecule has 7 nitrogen and oxygen atoms in total. The Morgan fingerprint density at radius 3 is 2.49 bits per heavy atom. The zero-order valence-electron chi connectivity index (χ0n) is 22.5. The summed E-state index contributed by atoms with van der Waals surface area (Å²) in [7, 11) is 0.234. The van der Waals surface area contributed by atoms with E-state index in [9.17, 15) is 9.59 Å². The lowest BCUT2D eigenvalue weighted by atomic mass is 9.80. The third kappa shape index (κ3) is 7.08. The molecule has 1 aliphatic carbocycles. The van der Waals surface area contributed by atoms with Crippen molar-refractivity contribution in [3.05, 3.63) is 48.7 Å². The highest BCUT2D eigenvalue weighted by Gasteiger charge is 2.28. The first-order valence-corrected chi connectivity index (χ1v) is 16.9. The van der Waals surface area contributed by atoms with Crippen molar-refractivity contribution in [1.29, 1.82) is 0 Å². The van der Waals surface area contributed by atoms with Crippen LogP contribution in [0.15, 0.2) is 48.7 Å². The number of nitrogens with zero attached hydrogens (tertiary/aromatic N) is 2. The zero-order valence-corrected chi connectivity index (χ0v) is 23.5. The minimum Gasteiger partial charge on any atom is -0.469 e. The number of anilines is 1. The van der Waals surface area contributed by atoms with Crippen molar-refractivity contribution in [2.75, 3.05) is 19.0 Å². The van der Waals surface area contributed by atoms with Gasteiger partial charge in [-0.3, -0.25) is 9.59 Å². The van der Waals surface area contributed by atoms with E-state index in [1.54, 1.807) is 6.20 Å². The third-order valence-electron chi connectivity index (χ3n) is 7.24. The van der Waals surface area contributed by atoms with Gasteiger partial charge >= 0.3 is 5.97 Å². The predicted octanol–water partition coefficient (Wildman–Crippen LogP) is 6.32. The van der Waals surface area contributed by atoms with Crippen LogP contribution in [0.4, 0.5) is 5.69 Å². The summed E-state index contributed by atoms with van der Waals surface area (Å²) >= 11 is 0. The Balaban J connectivity index is 1.52. The lowest BCUT2D eigenvalue weighted by molar-refractivity contribution is -0.142. The smallest absolute Gasteiger partial charge is 0.305 e. The summed E-state index contributed by atoms with van der Waals surface area (Å²) in [4.78, 5) is 29.5. The van der Waals surface area contributed by atoms with Crippen LogP contribution in [0.3, 0.4) is 0 Å². The quantitative estimate of drug-likeness (QED) is 0.192. The molecule has 37 heavy (non-hydrogen) atoms. The fourth-order valence-corrected chi connectivity index (χ4v) is 5.71. The summed E-state index contributed by atoms with van der Waals surface area (Å²) in [6.07, 6.45) is 5.47. The van der Waals surface area contributed by atoms with Crippen LogP contribution in [0.5, 0.6) is 0 Å². The van der Waals surface area contributed by atoms with Gasteiger partial charge in [-0.2, -0.15) is 0 Å². The van der Waals surface area contributed by atoms with E-state index in [0.717, 1.165) is 66.3 Å². The maximum atomic E-state index is 13.2. The van der Waals surface area contributed by atoms with Crippen molar-refractivity contribution in [2.24, 2.45) is 11.8 Å². The Kier molecular flexibility index (Phi) is 8.82. The van der Waals surface area contributed by atoms with Gasteiger partial charge in [0.2, 0.25) is 5.91 Å². The highest BCUT2D eigenvalue weighted by Crippen LogP contribution is 2.34. The maximum Gasteiger partial charge on any atom is 0.305 e. The third-order valence-corrected chi connectivity index (χ3v) is 8.95. The largest absolute Gasteiger partial charge is 0.469 e. The van der Waals surface area contributed by atoms with Crippen molar-refractivity contribution in [3.63, 3.8) is 0 Å². The minimum atomic E-state index is -1.19. The lowest BCUT2D eigenvalue weighted by Gasteiger charge is -2.27. The first-order valence-electron chi connectivity index (χ1n) is 13.2. The average Bonchev–Trinajstić information content (AvgIpc) is 3.26. The van der Waals surface area contributed by atoms with Crippen LogP contribution in [0.2, 0.25) is 25.7 Å². The first-order chi connectivity index (χ1) is 17.7. The number of esters is 1. The van der Waals surface area contributed by atoms with Crippen LogP contribution >= 0.6 is 0 Å². The second kappa shape index (κ2) is 12.0. The van der Waals surface area contributed by atoms with Gasteiger partial charge < -0.3 is 19.4 Å². The van der Waals surface area contributed by atoms with Crippen molar-refractivity contribution >= 4 is 36.7 Å². The maximum absolute atomic E-state index is 13.2. The van der Waals surface area contributed by atoms with Crippen molar-refractivity contribution in [2.45, 2.75) is 64.5 Å². The van der Waals surface area contributed by atoms with E-state index in [-0.39, 0.29) is 17.8 Å². The van der Waals surface area contributed by atoms with E-state index in [1.165, 1.54) is 7.11 Å². The molecule has 1 aliphatic rings. The number of ether oxygens (including phenoxy) is 2. The number of methoxy groups -OCH3 is 1. The molecule has 2 heterocycles. The molecule has 0 radical (unpaired) electrons. The zero-order chi connectivity index (χ0) is 26.4. The van der Waals surface area contributed by atoms with E-state index < -0.39 is 8.07 Å². The molecule has 1 fully saturated rings. The Hall–Kier alpha value is -2.97. The number of nitrogens with one attached hydrogen (secondary N) is 1. The van der Waals surface area contributed by atoms with E-state index in [4.69, 9.17) is 9.47 Å². The fraction of sp³-hybridized carbons (Fsp3) is 0.483. The molecule has 0 saturated heterocycles. The van der Waals surface area contributed by atoms with E-state index in [1.807, 2.05) is 24.3 Å². The number of hydrogen-bond acceptors (Lipinski definition) is 5. The number of aromatic nitrogens is 2. The normalized spacial score (nSPS) is 18.1. The highest BCUT2D eigenvalue weighted by molar-refractivity contribution is 6.76. The molecule has 0 spiro atoms. The molecule has 1 aromatic carbocycles. The molecule has 1 saturated carbocycles. The summed E-state index contributed by atoms with van der Waals surface area (Å²) < 4.78 is 13.0. The molecular weight excluding hydrogens is 482 g/mol. The number of amides is 1. The molecule has 198 valence electrons. The molecule has 0 bridgehead atoms. The molecule has 8 heteroatoms. The molecule has 2 aromatic heterocycles. The van der Waals surface area contributed by atoms with Crippen molar-refractivity contribution in [1.82, 2.24) is 9.55 Å². The number of carbonyl (C=O) groups is 2. The molecule has 3 aromatic rings. The van der Waals surface area contributed by atoms with Crippen LogP contribution in [-0.4, -0.2) is 43.2 Å². The van der Waals surface area contributed by atoms with E-state index in [0.29, 0.717) is 19.1 Å². The topological polar surface area (TPSA) is 82.5 Å². The van der Waals surface area contributed by atoms with Gasteiger partial charge in [-0.1, -0.05) is 50.0 Å².